The van der Waals surface area contributed by atoms with Crippen molar-refractivity contribution in [1.82, 2.24) is 19.5 Å². The Kier molecular flexibility index (Phi) is 11.8. The zero-order valence-corrected chi connectivity index (χ0v) is 38.0. The van der Waals surface area contributed by atoms with Gasteiger partial charge in [-0.1, -0.05) is 59.5 Å². The molecule has 0 saturated heterocycles. The molecule has 287 valence electrons. The van der Waals surface area contributed by atoms with Crippen LogP contribution in [0.1, 0.15) is 30.5 Å². The molecule has 9 rings (SSSR count). The van der Waals surface area contributed by atoms with E-state index in [1.54, 1.807) is 4.40 Å². The molecule has 4 aromatic heterocycles. The third kappa shape index (κ3) is 8.18. The molecule has 4 heterocycles. The third-order valence-corrected chi connectivity index (χ3v) is 14.6. The number of rotatable bonds is 7. The first-order chi connectivity index (χ1) is 27.1. The maximum absolute atomic E-state index is 6.47. The van der Waals surface area contributed by atoms with Crippen molar-refractivity contribution >= 4 is 50.8 Å². The number of pyridine rings is 2. The number of hydrogen-bond donors (Lipinski definition) is 0. The van der Waals surface area contributed by atoms with Crippen LogP contribution in [0.4, 0.5) is 0 Å². The van der Waals surface area contributed by atoms with Crippen molar-refractivity contribution in [3.05, 3.63) is 162 Å². The second kappa shape index (κ2) is 16.8. The van der Waals surface area contributed by atoms with Crippen molar-refractivity contribution in [3.8, 4) is 39.6 Å². The number of imidazole rings is 1. The van der Waals surface area contributed by atoms with Crippen molar-refractivity contribution in [1.29, 1.82) is 0 Å². The molecule has 0 aliphatic rings. The molecule has 0 unspecified atom stereocenters. The Hall–Kier alpha value is -5.14. The maximum atomic E-state index is 6.47. The molecular formula is C50H46GeIrN4O-2. The largest absolute Gasteiger partial charge is 0.486 e. The zero-order chi connectivity index (χ0) is 39.0. The van der Waals surface area contributed by atoms with Crippen molar-refractivity contribution in [3.63, 3.8) is 0 Å². The van der Waals surface area contributed by atoms with Gasteiger partial charge in [-0.05, 0) is 61.4 Å². The van der Waals surface area contributed by atoms with Gasteiger partial charge in [-0.15, -0.1) is 18.2 Å². The van der Waals surface area contributed by atoms with Crippen LogP contribution in [0.25, 0.3) is 72.7 Å². The summed E-state index contributed by atoms with van der Waals surface area (Å²) in [6.07, 6.45) is 3.27. The number of hydrogen-bond acceptors (Lipinski definition) is 4. The van der Waals surface area contributed by atoms with Crippen molar-refractivity contribution in [2.24, 2.45) is 5.92 Å². The summed E-state index contributed by atoms with van der Waals surface area (Å²) in [4.78, 5) is 14.7. The van der Waals surface area contributed by atoms with Crippen LogP contribution in [0.15, 0.2) is 138 Å². The van der Waals surface area contributed by atoms with Crippen molar-refractivity contribution in [2.45, 2.75) is 51.4 Å². The fourth-order valence-electron chi connectivity index (χ4n) is 7.66. The Morgan fingerprint density at radius 1 is 0.719 bits per heavy atom. The number of aryl methyl sites for hydroxylation is 2. The minimum atomic E-state index is -1.86. The monoisotopic (exact) mass is 985 g/mol. The van der Waals surface area contributed by atoms with Gasteiger partial charge < -0.3 is 8.98 Å². The summed E-state index contributed by atoms with van der Waals surface area (Å²) >= 11 is -1.86. The van der Waals surface area contributed by atoms with Gasteiger partial charge >= 0.3 is 126 Å². The standard InChI is InChI=1S/C32H22N3O.C18H24GeN.Ir/c1-20-10-8-11-21(2)29(20)27-19-18-24-23-14-9-15-25(30(23)36-32(24)34-27)31-33-26-16-6-7-17-28(26)35(31)22-12-4-3-5-13-22;1-14(2)11-16-12-18(15-9-7-6-8-10-15)20-13-17(16)19(3,4)5;/h3-14,16-19H,1-2H3;6-9,12-14H,11H2,1-5H3;/q2*-1;. The van der Waals surface area contributed by atoms with Crippen molar-refractivity contribution < 1.29 is 24.5 Å². The molecule has 0 fully saturated rings. The fourth-order valence-corrected chi connectivity index (χ4v) is 11.0. The van der Waals surface area contributed by atoms with Gasteiger partial charge in [0.2, 0.25) is 5.71 Å². The normalized spacial score (nSPS) is 11.5. The molecule has 0 atom stereocenters. The molecule has 0 spiro atoms. The van der Waals surface area contributed by atoms with E-state index >= 15 is 0 Å². The molecule has 57 heavy (non-hydrogen) atoms. The van der Waals surface area contributed by atoms with E-state index in [1.807, 2.05) is 66.7 Å². The van der Waals surface area contributed by atoms with Gasteiger partial charge in [-0.3, -0.25) is 4.98 Å². The summed E-state index contributed by atoms with van der Waals surface area (Å²) in [6, 6.07) is 50.0. The molecule has 1 radical (unpaired) electrons. The maximum Gasteiger partial charge on any atom is 0.216 e. The molecule has 0 amide bonds. The Labute approximate surface area is 352 Å². The van der Waals surface area contributed by atoms with Gasteiger partial charge in [0.1, 0.15) is 0 Å². The van der Waals surface area contributed by atoms with E-state index in [0.717, 1.165) is 73.4 Å². The summed E-state index contributed by atoms with van der Waals surface area (Å²) in [6.45, 7) is 8.81. The summed E-state index contributed by atoms with van der Waals surface area (Å²) in [5.74, 6) is 8.79. The van der Waals surface area contributed by atoms with Crippen LogP contribution in [0, 0.1) is 31.9 Å². The number of fused-ring (bicyclic) bond motifs is 4. The van der Waals surface area contributed by atoms with E-state index in [2.05, 4.69) is 129 Å². The minimum Gasteiger partial charge on any atom is -0.486 e. The average Bonchev–Trinajstić information content (AvgIpc) is 3.77. The molecule has 0 aliphatic heterocycles. The second-order valence-corrected chi connectivity index (χ2v) is 26.5. The number of nitrogens with zero attached hydrogens (tertiary/aromatic N) is 4. The Bertz CT molecular complexity index is 2800. The Morgan fingerprint density at radius 2 is 1.46 bits per heavy atom. The number of para-hydroxylation sites is 3. The van der Waals surface area contributed by atoms with E-state index in [-0.39, 0.29) is 20.1 Å². The topological polar surface area (TPSA) is 56.7 Å². The van der Waals surface area contributed by atoms with Crippen LogP contribution in [0.3, 0.4) is 0 Å². The van der Waals surface area contributed by atoms with Gasteiger partial charge in [-0.25, -0.2) is 4.98 Å². The van der Waals surface area contributed by atoms with Crippen LogP contribution in [0.2, 0.25) is 17.3 Å². The zero-order valence-electron chi connectivity index (χ0n) is 33.5. The summed E-state index contributed by atoms with van der Waals surface area (Å²) < 4.78 is 10.2. The van der Waals surface area contributed by atoms with Crippen LogP contribution < -0.4 is 4.40 Å². The van der Waals surface area contributed by atoms with Gasteiger partial charge in [0.25, 0.3) is 0 Å². The number of aromatic nitrogens is 4. The Balaban J connectivity index is 0.000000202. The van der Waals surface area contributed by atoms with Gasteiger partial charge in [0.15, 0.2) is 0 Å². The molecule has 7 heteroatoms. The summed E-state index contributed by atoms with van der Waals surface area (Å²) in [5.41, 5.74) is 13.3. The molecule has 9 aromatic rings. The van der Waals surface area contributed by atoms with Crippen LogP contribution >= 0.6 is 0 Å². The SMILES string of the molecule is CC(C)Cc1cc(-c2[c-]cccc2)nc[c]1[Ge]([CH3])([CH3])[CH3].Cc1cccc(C)c1-c1ccc2c(n1)oc1c(-c3nc4ccccc4n3-c3ccccc3)[c-]ccc12.[Ir]. The average molecular weight is 984 g/mol. The smallest absolute Gasteiger partial charge is 0.216 e. The van der Waals surface area contributed by atoms with Crippen LogP contribution in [-0.4, -0.2) is 32.8 Å². The third-order valence-electron chi connectivity index (χ3n) is 10.2. The molecule has 5 aromatic carbocycles. The summed E-state index contributed by atoms with van der Waals surface area (Å²) in [7, 11) is 0. The van der Waals surface area contributed by atoms with Gasteiger partial charge in [-0.2, -0.15) is 0 Å². The molecule has 0 aliphatic carbocycles. The van der Waals surface area contributed by atoms with E-state index in [9.17, 15) is 0 Å². The second-order valence-electron chi connectivity index (χ2n) is 16.0. The van der Waals surface area contributed by atoms with Crippen LogP contribution in [-0.2, 0) is 26.5 Å². The van der Waals surface area contributed by atoms with Crippen molar-refractivity contribution in [2.75, 3.05) is 0 Å². The predicted octanol–water partition coefficient (Wildman–Crippen LogP) is 12.4. The van der Waals surface area contributed by atoms with E-state index < -0.39 is 13.3 Å². The molecule has 0 saturated carbocycles. The minimum absolute atomic E-state index is 0. The van der Waals surface area contributed by atoms with Gasteiger partial charge in [0.05, 0.1) is 28.1 Å². The first-order valence-electron chi connectivity index (χ1n) is 19.4. The van der Waals surface area contributed by atoms with E-state index in [4.69, 9.17) is 19.4 Å². The Morgan fingerprint density at radius 3 is 2.18 bits per heavy atom. The van der Waals surface area contributed by atoms with E-state index in [0.29, 0.717) is 11.6 Å². The first-order valence-corrected chi connectivity index (χ1v) is 26.7. The number of benzene rings is 5. The van der Waals surface area contributed by atoms with Crippen LogP contribution in [0.5, 0.6) is 0 Å². The molecule has 0 bridgehead atoms. The first kappa shape index (κ1) is 40.1. The molecular weight excluding hydrogens is 937 g/mol. The fraction of sp³-hybridized carbons (Fsp3) is 0.180. The van der Waals surface area contributed by atoms with E-state index in [1.165, 1.54) is 16.7 Å². The summed E-state index contributed by atoms with van der Waals surface area (Å²) in [5, 5.41) is 1.99. The van der Waals surface area contributed by atoms with Gasteiger partial charge in [0, 0.05) is 36.7 Å². The molecule has 5 nitrogen and oxygen atoms in total. The predicted molar refractivity (Wildman–Crippen MR) is 235 cm³/mol. The quantitative estimate of drug-likeness (QED) is 0.118. The molecule has 0 N–H and O–H groups in total. The number of furan rings is 1.